The molecular formula is C19H20FN3O4. The molecule has 1 aliphatic carbocycles. The van der Waals surface area contributed by atoms with Gasteiger partial charge in [0.15, 0.2) is 0 Å². The van der Waals surface area contributed by atoms with E-state index in [2.05, 4.69) is 4.98 Å². The van der Waals surface area contributed by atoms with E-state index in [1.165, 1.54) is 29.9 Å². The van der Waals surface area contributed by atoms with Crippen molar-refractivity contribution in [2.75, 3.05) is 7.11 Å². The molecule has 1 unspecified atom stereocenters. The third kappa shape index (κ3) is 3.89. The van der Waals surface area contributed by atoms with Crippen LogP contribution in [0.3, 0.4) is 0 Å². The fraction of sp³-hybridized carbons (Fsp3) is 0.368. The molecule has 0 spiro atoms. The molecule has 0 amide bonds. The van der Waals surface area contributed by atoms with Gasteiger partial charge in [0.1, 0.15) is 17.4 Å². The number of benzene rings is 1. The number of halogens is 1. The van der Waals surface area contributed by atoms with Gasteiger partial charge >= 0.3 is 0 Å². The molecule has 1 aromatic heterocycles. The average Bonchev–Trinajstić information content (AvgIpc) is 2.87. The van der Waals surface area contributed by atoms with E-state index in [-0.39, 0.29) is 16.3 Å². The highest BCUT2D eigenvalue weighted by atomic mass is 19.1. The van der Waals surface area contributed by atoms with Crippen molar-refractivity contribution in [1.29, 1.82) is 0 Å². The molecule has 1 aliphatic rings. The minimum Gasteiger partial charge on any atom is -0.497 e. The Morgan fingerprint density at radius 1 is 1.41 bits per heavy atom. The first-order chi connectivity index (χ1) is 12.9. The standard InChI is InChI=1S/C19H20FN3O4/c1-22-18(10-4-12-3-7-14(27-2)11-16(12)20)21-17-9-6-13(23(25)26)5-8-15(17)19(22)24/h3,5,7-8,11,13H,4,6,9-10H2,1-2H3. The highest BCUT2D eigenvalue weighted by molar-refractivity contribution is 5.52. The molecule has 3 rings (SSSR count). The van der Waals surface area contributed by atoms with Crippen LogP contribution in [0.4, 0.5) is 4.39 Å². The van der Waals surface area contributed by atoms with Crippen LogP contribution in [0.25, 0.3) is 6.08 Å². The Labute approximate surface area is 155 Å². The third-order valence-electron chi connectivity index (χ3n) is 4.81. The quantitative estimate of drug-likeness (QED) is 0.593. The van der Waals surface area contributed by atoms with Crippen molar-refractivity contribution < 1.29 is 14.1 Å². The zero-order valence-corrected chi connectivity index (χ0v) is 15.1. The van der Waals surface area contributed by atoms with Crippen LogP contribution < -0.4 is 10.3 Å². The maximum absolute atomic E-state index is 14.1. The van der Waals surface area contributed by atoms with E-state index >= 15 is 0 Å². The fourth-order valence-corrected chi connectivity index (χ4v) is 3.16. The van der Waals surface area contributed by atoms with Crippen molar-refractivity contribution in [3.05, 3.63) is 73.2 Å². The molecule has 1 atom stereocenters. The normalized spacial score (nSPS) is 15.9. The zero-order valence-electron chi connectivity index (χ0n) is 15.1. The molecule has 0 bridgehead atoms. The van der Waals surface area contributed by atoms with Crippen molar-refractivity contribution in [3.63, 3.8) is 0 Å². The van der Waals surface area contributed by atoms with Crippen LogP contribution in [-0.2, 0) is 26.3 Å². The van der Waals surface area contributed by atoms with Crippen LogP contribution in [0.15, 0.2) is 29.1 Å². The number of hydrogen-bond donors (Lipinski definition) is 0. The molecule has 8 heteroatoms. The van der Waals surface area contributed by atoms with Gasteiger partial charge in [-0.05, 0) is 36.6 Å². The Morgan fingerprint density at radius 2 is 2.19 bits per heavy atom. The molecule has 1 aromatic carbocycles. The summed E-state index contributed by atoms with van der Waals surface area (Å²) in [6, 6.07) is 3.84. The molecular weight excluding hydrogens is 353 g/mol. The Balaban J connectivity index is 1.85. The van der Waals surface area contributed by atoms with Crippen molar-refractivity contribution in [1.82, 2.24) is 9.55 Å². The van der Waals surface area contributed by atoms with Gasteiger partial charge in [-0.25, -0.2) is 9.37 Å². The van der Waals surface area contributed by atoms with Crippen LogP contribution >= 0.6 is 0 Å². The van der Waals surface area contributed by atoms with Crippen molar-refractivity contribution in [2.45, 2.75) is 31.7 Å². The fourth-order valence-electron chi connectivity index (χ4n) is 3.16. The lowest BCUT2D eigenvalue weighted by molar-refractivity contribution is -0.509. The van der Waals surface area contributed by atoms with Crippen molar-refractivity contribution >= 4 is 6.08 Å². The zero-order chi connectivity index (χ0) is 19.6. The molecule has 142 valence electrons. The van der Waals surface area contributed by atoms with Gasteiger partial charge in [-0.2, -0.15) is 0 Å². The number of ether oxygens (including phenoxy) is 1. The van der Waals surface area contributed by atoms with Crippen LogP contribution in [-0.4, -0.2) is 27.6 Å². The summed E-state index contributed by atoms with van der Waals surface area (Å²) in [6.45, 7) is 0. The number of aromatic nitrogens is 2. The molecule has 0 saturated carbocycles. The van der Waals surface area contributed by atoms with Crippen LogP contribution in [0.2, 0.25) is 0 Å². The highest BCUT2D eigenvalue weighted by Crippen LogP contribution is 2.19. The molecule has 2 aromatic rings. The number of fused-ring (bicyclic) bond motifs is 1. The molecule has 0 aliphatic heterocycles. The Kier molecular flexibility index (Phi) is 5.34. The molecule has 7 nitrogen and oxygen atoms in total. The van der Waals surface area contributed by atoms with Gasteiger partial charge in [-0.1, -0.05) is 6.07 Å². The lowest BCUT2D eigenvalue weighted by Gasteiger charge is -2.12. The smallest absolute Gasteiger partial charge is 0.260 e. The van der Waals surface area contributed by atoms with Gasteiger partial charge in [0, 0.05) is 30.9 Å². The van der Waals surface area contributed by atoms with E-state index in [1.807, 2.05) is 0 Å². The van der Waals surface area contributed by atoms with Gasteiger partial charge in [-0.15, -0.1) is 0 Å². The van der Waals surface area contributed by atoms with Gasteiger partial charge in [0.05, 0.1) is 18.4 Å². The summed E-state index contributed by atoms with van der Waals surface area (Å²) in [7, 11) is 3.08. The number of aryl methyl sites for hydroxylation is 3. The predicted molar refractivity (Wildman–Crippen MR) is 98.0 cm³/mol. The average molecular weight is 373 g/mol. The SMILES string of the molecule is COc1ccc(CCc2nc3c(c(=O)n2C)C=CC([N+](=O)[O-])CC3)c(F)c1. The van der Waals surface area contributed by atoms with Gasteiger partial charge in [0.25, 0.3) is 5.56 Å². The lowest BCUT2D eigenvalue weighted by Crippen LogP contribution is -2.26. The lowest BCUT2D eigenvalue weighted by atomic mass is 10.1. The Morgan fingerprint density at radius 3 is 2.85 bits per heavy atom. The molecule has 0 saturated heterocycles. The van der Waals surface area contributed by atoms with E-state index in [9.17, 15) is 19.3 Å². The summed E-state index contributed by atoms with van der Waals surface area (Å²) in [5.41, 5.74) is 1.21. The van der Waals surface area contributed by atoms with Crippen molar-refractivity contribution in [2.24, 2.45) is 7.05 Å². The number of nitro groups is 1. The summed E-state index contributed by atoms with van der Waals surface area (Å²) >= 11 is 0. The number of methoxy groups -OCH3 is 1. The summed E-state index contributed by atoms with van der Waals surface area (Å²) in [5.74, 6) is 0.603. The summed E-state index contributed by atoms with van der Waals surface area (Å²) in [4.78, 5) is 27.8. The first-order valence-electron chi connectivity index (χ1n) is 8.63. The maximum atomic E-state index is 14.1. The van der Waals surface area contributed by atoms with E-state index in [0.29, 0.717) is 54.1 Å². The number of nitrogens with zero attached hydrogens (tertiary/aromatic N) is 3. The van der Waals surface area contributed by atoms with Gasteiger partial charge in [0.2, 0.25) is 6.04 Å². The monoisotopic (exact) mass is 373 g/mol. The highest BCUT2D eigenvalue weighted by Gasteiger charge is 2.23. The van der Waals surface area contributed by atoms with E-state index < -0.39 is 6.04 Å². The first kappa shape index (κ1) is 18.8. The summed E-state index contributed by atoms with van der Waals surface area (Å²) in [5, 5.41) is 11.0. The van der Waals surface area contributed by atoms with Crippen LogP contribution in [0, 0.1) is 15.9 Å². The molecule has 0 fully saturated rings. The Bertz CT molecular complexity index is 968. The topological polar surface area (TPSA) is 87.3 Å². The second-order valence-corrected chi connectivity index (χ2v) is 6.46. The second-order valence-electron chi connectivity index (χ2n) is 6.46. The largest absolute Gasteiger partial charge is 0.497 e. The van der Waals surface area contributed by atoms with Crippen LogP contribution in [0.1, 0.15) is 29.1 Å². The van der Waals surface area contributed by atoms with Crippen LogP contribution in [0.5, 0.6) is 5.75 Å². The molecule has 0 N–H and O–H groups in total. The van der Waals surface area contributed by atoms with Crippen molar-refractivity contribution in [3.8, 4) is 5.75 Å². The molecule has 27 heavy (non-hydrogen) atoms. The first-order valence-corrected chi connectivity index (χ1v) is 8.63. The minimum atomic E-state index is -0.819. The van der Waals surface area contributed by atoms with E-state index in [4.69, 9.17) is 4.74 Å². The predicted octanol–water partition coefficient (Wildman–Crippen LogP) is 2.32. The summed E-state index contributed by atoms with van der Waals surface area (Å²) < 4.78 is 20.5. The number of rotatable bonds is 5. The van der Waals surface area contributed by atoms with Gasteiger partial charge < -0.3 is 4.74 Å². The second kappa shape index (κ2) is 7.69. The number of hydrogen-bond acceptors (Lipinski definition) is 5. The summed E-state index contributed by atoms with van der Waals surface area (Å²) in [6.07, 6.45) is 4.35. The van der Waals surface area contributed by atoms with E-state index in [1.54, 1.807) is 19.2 Å². The van der Waals surface area contributed by atoms with E-state index in [0.717, 1.165) is 0 Å². The molecule has 1 heterocycles. The molecule has 0 radical (unpaired) electrons. The Hall–Kier alpha value is -3.03. The maximum Gasteiger partial charge on any atom is 0.260 e. The minimum absolute atomic E-state index is 0.245. The third-order valence-corrected chi connectivity index (χ3v) is 4.81. The van der Waals surface area contributed by atoms with Gasteiger partial charge in [-0.3, -0.25) is 19.5 Å².